The lowest BCUT2D eigenvalue weighted by Gasteiger charge is -2.30. The minimum Gasteiger partial charge on any atom is -0.468 e. The van der Waals surface area contributed by atoms with Gasteiger partial charge in [-0.3, -0.25) is 4.90 Å². The largest absolute Gasteiger partial charge is 0.468 e. The molecule has 0 radical (unpaired) electrons. The highest BCUT2D eigenvalue weighted by Crippen LogP contribution is 2.23. The van der Waals surface area contributed by atoms with Crippen LogP contribution in [0.2, 0.25) is 0 Å². The number of hydrogen-bond acceptors (Lipinski definition) is 3. The Morgan fingerprint density at radius 2 is 1.68 bits per heavy atom. The molecule has 120 valence electrons. The molecular formula is C19H27NO2. The topological polar surface area (TPSA) is 29.5 Å². The Morgan fingerprint density at radius 3 is 2.14 bits per heavy atom. The van der Waals surface area contributed by atoms with Crippen LogP contribution in [0.3, 0.4) is 0 Å². The van der Waals surface area contributed by atoms with Crippen LogP contribution in [0.5, 0.6) is 0 Å². The molecule has 3 heteroatoms. The summed E-state index contributed by atoms with van der Waals surface area (Å²) in [5, 5.41) is 0. The van der Waals surface area contributed by atoms with Gasteiger partial charge >= 0.3 is 5.97 Å². The van der Waals surface area contributed by atoms with E-state index < -0.39 is 0 Å². The number of ether oxygens (including phenoxy) is 1. The smallest absolute Gasteiger partial charge is 0.327 e. The van der Waals surface area contributed by atoms with E-state index in [0.717, 1.165) is 44.3 Å². The van der Waals surface area contributed by atoms with Crippen molar-refractivity contribution in [1.82, 2.24) is 4.90 Å². The first kappa shape index (κ1) is 18.2. The zero-order valence-corrected chi connectivity index (χ0v) is 13.5. The number of allylic oxidation sites excluding steroid dienone is 2. The molecule has 1 unspecified atom stereocenters. The van der Waals surface area contributed by atoms with Gasteiger partial charge in [-0.1, -0.05) is 42.5 Å². The van der Waals surface area contributed by atoms with Crippen molar-refractivity contribution < 1.29 is 9.53 Å². The van der Waals surface area contributed by atoms with Crippen molar-refractivity contribution in [2.45, 2.75) is 31.7 Å². The molecule has 3 nitrogen and oxygen atoms in total. The normalized spacial score (nSPS) is 11.9. The molecule has 1 aromatic rings. The summed E-state index contributed by atoms with van der Waals surface area (Å²) < 4.78 is 5.04. The third kappa shape index (κ3) is 5.86. The van der Waals surface area contributed by atoms with Gasteiger partial charge in [-0.2, -0.15) is 0 Å². The van der Waals surface area contributed by atoms with Gasteiger partial charge in [-0.15, -0.1) is 13.2 Å². The minimum atomic E-state index is -0.346. The van der Waals surface area contributed by atoms with Gasteiger partial charge in [-0.25, -0.2) is 4.79 Å². The predicted octanol–water partition coefficient (Wildman–Crippen LogP) is 4.14. The van der Waals surface area contributed by atoms with E-state index in [1.54, 1.807) is 0 Å². The van der Waals surface area contributed by atoms with Crippen molar-refractivity contribution in [2.75, 3.05) is 20.2 Å². The molecule has 1 rings (SSSR count). The maximum Gasteiger partial charge on any atom is 0.327 e. The van der Waals surface area contributed by atoms with Crippen LogP contribution in [-0.4, -0.2) is 31.1 Å². The first-order valence-corrected chi connectivity index (χ1v) is 7.83. The van der Waals surface area contributed by atoms with E-state index in [9.17, 15) is 4.79 Å². The molecule has 0 bridgehead atoms. The minimum absolute atomic E-state index is 0.205. The molecule has 0 saturated heterocycles. The van der Waals surface area contributed by atoms with E-state index in [-0.39, 0.29) is 12.0 Å². The molecule has 0 aliphatic heterocycles. The fourth-order valence-corrected chi connectivity index (χ4v) is 2.49. The average molecular weight is 301 g/mol. The predicted molar refractivity (Wildman–Crippen MR) is 91.6 cm³/mol. The summed E-state index contributed by atoms with van der Waals surface area (Å²) in [7, 11) is 1.45. The second-order valence-corrected chi connectivity index (χ2v) is 5.23. The molecular weight excluding hydrogens is 274 g/mol. The Morgan fingerprint density at radius 1 is 1.14 bits per heavy atom. The van der Waals surface area contributed by atoms with E-state index in [0.29, 0.717) is 0 Å². The molecule has 0 spiro atoms. The van der Waals surface area contributed by atoms with Gasteiger partial charge in [-0.05, 0) is 44.3 Å². The monoisotopic (exact) mass is 301 g/mol. The Bertz CT molecular complexity index is 442. The van der Waals surface area contributed by atoms with E-state index in [1.807, 2.05) is 42.5 Å². The number of benzene rings is 1. The lowest BCUT2D eigenvalue weighted by Crippen LogP contribution is -2.36. The maximum atomic E-state index is 12.3. The summed E-state index contributed by atoms with van der Waals surface area (Å²) in [6.07, 6.45) is 7.69. The highest BCUT2D eigenvalue weighted by Gasteiger charge is 2.27. The van der Waals surface area contributed by atoms with Crippen LogP contribution >= 0.6 is 0 Å². The maximum absolute atomic E-state index is 12.3. The van der Waals surface area contributed by atoms with Gasteiger partial charge in [0.2, 0.25) is 0 Å². The van der Waals surface area contributed by atoms with Crippen LogP contribution in [0.1, 0.15) is 37.3 Å². The molecule has 0 heterocycles. The van der Waals surface area contributed by atoms with Crippen molar-refractivity contribution in [2.24, 2.45) is 0 Å². The summed E-state index contributed by atoms with van der Waals surface area (Å²) in [4.78, 5) is 14.5. The fraction of sp³-hybridized carbons (Fsp3) is 0.421. The summed E-state index contributed by atoms with van der Waals surface area (Å²) in [5.41, 5.74) is 0.978. The molecule has 1 atom stereocenters. The number of nitrogens with zero attached hydrogens (tertiary/aromatic N) is 1. The van der Waals surface area contributed by atoms with Crippen molar-refractivity contribution in [3.05, 3.63) is 61.2 Å². The number of esters is 1. The Kier molecular flexibility index (Phi) is 8.92. The number of carbonyl (C=O) groups is 1. The summed E-state index contributed by atoms with van der Waals surface area (Å²) >= 11 is 0. The third-order valence-electron chi connectivity index (χ3n) is 3.61. The van der Waals surface area contributed by atoms with Gasteiger partial charge in [0.15, 0.2) is 0 Å². The van der Waals surface area contributed by atoms with Crippen molar-refractivity contribution >= 4 is 5.97 Å². The molecule has 0 aliphatic rings. The Hall–Kier alpha value is -1.87. The van der Waals surface area contributed by atoms with E-state index in [4.69, 9.17) is 4.74 Å². The number of rotatable bonds is 11. The second-order valence-electron chi connectivity index (χ2n) is 5.23. The molecule has 0 saturated carbocycles. The van der Waals surface area contributed by atoms with Gasteiger partial charge in [0, 0.05) is 0 Å². The van der Waals surface area contributed by atoms with E-state index in [2.05, 4.69) is 18.1 Å². The van der Waals surface area contributed by atoms with Crippen LogP contribution < -0.4 is 0 Å². The Labute approximate surface area is 134 Å². The Balaban J connectivity index is 2.92. The summed E-state index contributed by atoms with van der Waals surface area (Å²) in [6, 6.07) is 9.48. The van der Waals surface area contributed by atoms with Gasteiger partial charge in [0.25, 0.3) is 0 Å². The van der Waals surface area contributed by atoms with E-state index >= 15 is 0 Å². The van der Waals surface area contributed by atoms with Crippen molar-refractivity contribution in [3.63, 3.8) is 0 Å². The highest BCUT2D eigenvalue weighted by molar-refractivity contribution is 5.77. The zero-order valence-electron chi connectivity index (χ0n) is 13.5. The quantitative estimate of drug-likeness (QED) is 0.349. The summed E-state index contributed by atoms with van der Waals surface area (Å²) in [5.74, 6) is -0.205. The van der Waals surface area contributed by atoms with Crippen LogP contribution in [0.4, 0.5) is 0 Å². The van der Waals surface area contributed by atoms with Crippen LogP contribution in [0, 0.1) is 0 Å². The lowest BCUT2D eigenvalue weighted by atomic mass is 10.0. The first-order valence-electron chi connectivity index (χ1n) is 7.83. The number of carbonyl (C=O) groups excluding carboxylic acids is 1. The van der Waals surface area contributed by atoms with Crippen molar-refractivity contribution in [3.8, 4) is 0 Å². The summed E-state index contributed by atoms with van der Waals surface area (Å²) in [6.45, 7) is 9.22. The first-order chi connectivity index (χ1) is 10.7. The van der Waals surface area contributed by atoms with Crippen LogP contribution in [0.25, 0.3) is 0 Å². The van der Waals surface area contributed by atoms with Gasteiger partial charge in [0.1, 0.15) is 6.04 Å². The van der Waals surface area contributed by atoms with Crippen LogP contribution in [-0.2, 0) is 9.53 Å². The fourth-order valence-electron chi connectivity index (χ4n) is 2.49. The van der Waals surface area contributed by atoms with Gasteiger partial charge < -0.3 is 4.74 Å². The molecule has 0 N–H and O–H groups in total. The molecule has 0 aliphatic carbocycles. The van der Waals surface area contributed by atoms with Crippen molar-refractivity contribution in [1.29, 1.82) is 0 Å². The number of methoxy groups -OCH3 is 1. The lowest BCUT2D eigenvalue weighted by molar-refractivity contribution is -0.147. The van der Waals surface area contributed by atoms with Gasteiger partial charge in [0.05, 0.1) is 7.11 Å². The standard InChI is InChI=1S/C19H27NO2/c1-4-6-11-15-20(16-12-7-5-2)18(19(21)22-3)17-13-9-8-10-14-17/h4-5,8-10,13-14,18H,1-2,6-7,11-12,15-16H2,3H3. The SMILES string of the molecule is C=CCCCN(CCCC=C)C(C(=O)OC)c1ccccc1. The second kappa shape index (κ2) is 10.8. The molecule has 0 amide bonds. The highest BCUT2D eigenvalue weighted by atomic mass is 16.5. The number of unbranched alkanes of at least 4 members (excludes halogenated alkanes) is 2. The molecule has 22 heavy (non-hydrogen) atoms. The molecule has 1 aromatic carbocycles. The van der Waals surface area contributed by atoms with E-state index in [1.165, 1.54) is 7.11 Å². The average Bonchev–Trinajstić information content (AvgIpc) is 2.56. The zero-order chi connectivity index (χ0) is 16.2. The third-order valence-corrected chi connectivity index (χ3v) is 3.61. The molecule has 0 fully saturated rings. The molecule has 0 aromatic heterocycles. The number of hydrogen-bond donors (Lipinski definition) is 0. The van der Waals surface area contributed by atoms with Crippen LogP contribution in [0.15, 0.2) is 55.6 Å².